The molecule has 1 heterocycles. The van der Waals surface area contributed by atoms with Gasteiger partial charge in [0.1, 0.15) is 0 Å². The van der Waals surface area contributed by atoms with E-state index in [-0.39, 0.29) is 10.8 Å². The van der Waals surface area contributed by atoms with Crippen LogP contribution in [0.2, 0.25) is 0 Å². The summed E-state index contributed by atoms with van der Waals surface area (Å²) in [5.41, 5.74) is 5.78. The van der Waals surface area contributed by atoms with Crippen LogP contribution in [0, 0.1) is 13.8 Å². The predicted molar refractivity (Wildman–Crippen MR) is 129 cm³/mol. The number of sulfonamides is 1. The number of hydrogen-bond donors (Lipinski definition) is 1. The van der Waals surface area contributed by atoms with Crippen molar-refractivity contribution in [3.05, 3.63) is 89.0 Å². The standard InChI is InChI=1S/C26H28N2O3S/c1-19-9-15-24(20(2)18-19)27-26(29)16-12-21-10-13-23(14-11-21)32(30,31)28-17-5-7-22-6-3-4-8-25(22)28/h3-4,6,8-11,13-15,18H,5,7,12,16-17H2,1-2H3,(H,27,29). The van der Waals surface area contributed by atoms with Gasteiger partial charge in [0.25, 0.3) is 10.0 Å². The van der Waals surface area contributed by atoms with E-state index in [1.54, 1.807) is 24.3 Å². The molecule has 0 saturated carbocycles. The van der Waals surface area contributed by atoms with Crippen LogP contribution < -0.4 is 9.62 Å². The summed E-state index contributed by atoms with van der Waals surface area (Å²) in [6.45, 7) is 4.48. The number of carbonyl (C=O) groups excluding carboxylic acids is 1. The van der Waals surface area contributed by atoms with Crippen LogP contribution in [0.1, 0.15) is 35.1 Å². The number of nitrogens with zero attached hydrogens (tertiary/aromatic N) is 1. The monoisotopic (exact) mass is 448 g/mol. The minimum absolute atomic E-state index is 0.0569. The number of fused-ring (bicyclic) bond motifs is 1. The first-order valence-electron chi connectivity index (χ1n) is 10.9. The Labute approximate surface area is 190 Å². The molecule has 0 fully saturated rings. The fourth-order valence-electron chi connectivity index (χ4n) is 4.13. The van der Waals surface area contributed by atoms with E-state index in [2.05, 4.69) is 5.32 Å². The highest BCUT2D eigenvalue weighted by atomic mass is 32.2. The lowest BCUT2D eigenvalue weighted by Gasteiger charge is -2.30. The normalized spacial score (nSPS) is 13.5. The quantitative estimate of drug-likeness (QED) is 0.576. The Hall–Kier alpha value is -3.12. The molecule has 5 nitrogen and oxygen atoms in total. The summed E-state index contributed by atoms with van der Waals surface area (Å²) >= 11 is 0. The average Bonchev–Trinajstić information content (AvgIpc) is 2.79. The van der Waals surface area contributed by atoms with Crippen molar-refractivity contribution in [1.29, 1.82) is 0 Å². The summed E-state index contributed by atoms with van der Waals surface area (Å²) < 4.78 is 28.0. The molecule has 3 aromatic rings. The van der Waals surface area contributed by atoms with Crippen molar-refractivity contribution in [3.8, 4) is 0 Å². The fraction of sp³-hybridized carbons (Fsp3) is 0.269. The van der Waals surface area contributed by atoms with Gasteiger partial charge in [0, 0.05) is 18.7 Å². The zero-order chi connectivity index (χ0) is 22.7. The number of para-hydroxylation sites is 1. The molecule has 0 saturated heterocycles. The van der Waals surface area contributed by atoms with Crippen LogP contribution in [0.4, 0.5) is 11.4 Å². The van der Waals surface area contributed by atoms with Crippen LogP contribution in [0.3, 0.4) is 0 Å². The second-order valence-electron chi connectivity index (χ2n) is 8.32. The van der Waals surface area contributed by atoms with E-state index in [1.807, 2.05) is 56.3 Å². The fourth-order valence-corrected chi connectivity index (χ4v) is 5.67. The van der Waals surface area contributed by atoms with Crippen molar-refractivity contribution in [2.24, 2.45) is 0 Å². The number of anilines is 2. The van der Waals surface area contributed by atoms with Gasteiger partial charge in [0.2, 0.25) is 5.91 Å². The number of benzene rings is 3. The van der Waals surface area contributed by atoms with E-state index in [0.717, 1.165) is 46.5 Å². The Morgan fingerprint density at radius 2 is 1.75 bits per heavy atom. The number of carbonyl (C=O) groups is 1. The Morgan fingerprint density at radius 1 is 1.00 bits per heavy atom. The van der Waals surface area contributed by atoms with Gasteiger partial charge in [0.05, 0.1) is 10.6 Å². The van der Waals surface area contributed by atoms with Crippen molar-refractivity contribution in [2.75, 3.05) is 16.2 Å². The summed E-state index contributed by atoms with van der Waals surface area (Å²) in [6, 6.07) is 20.5. The van der Waals surface area contributed by atoms with Crippen molar-refractivity contribution in [3.63, 3.8) is 0 Å². The second-order valence-corrected chi connectivity index (χ2v) is 10.2. The SMILES string of the molecule is Cc1ccc(NC(=O)CCc2ccc(S(=O)(=O)N3CCCc4ccccc43)cc2)c(C)c1. The lowest BCUT2D eigenvalue weighted by Crippen LogP contribution is -2.35. The van der Waals surface area contributed by atoms with Gasteiger partial charge in [-0.3, -0.25) is 9.10 Å². The third-order valence-electron chi connectivity index (χ3n) is 5.88. The van der Waals surface area contributed by atoms with Gasteiger partial charge < -0.3 is 5.32 Å². The Bertz CT molecular complexity index is 1230. The zero-order valence-corrected chi connectivity index (χ0v) is 19.3. The minimum atomic E-state index is -3.62. The second kappa shape index (κ2) is 9.17. The first-order chi connectivity index (χ1) is 15.3. The van der Waals surface area contributed by atoms with Crippen LogP contribution in [0.15, 0.2) is 71.6 Å². The van der Waals surface area contributed by atoms with E-state index < -0.39 is 10.0 Å². The van der Waals surface area contributed by atoms with Gasteiger partial charge in [0.15, 0.2) is 0 Å². The van der Waals surface area contributed by atoms with E-state index in [0.29, 0.717) is 19.4 Å². The minimum Gasteiger partial charge on any atom is -0.326 e. The van der Waals surface area contributed by atoms with Gasteiger partial charge in [-0.1, -0.05) is 48.0 Å². The van der Waals surface area contributed by atoms with Crippen LogP contribution in [0.5, 0.6) is 0 Å². The molecule has 3 aromatic carbocycles. The molecule has 0 spiro atoms. The van der Waals surface area contributed by atoms with Gasteiger partial charge in [-0.15, -0.1) is 0 Å². The number of rotatable bonds is 6. The average molecular weight is 449 g/mol. The number of aryl methyl sites for hydroxylation is 4. The van der Waals surface area contributed by atoms with Crippen molar-refractivity contribution < 1.29 is 13.2 Å². The molecule has 0 radical (unpaired) electrons. The van der Waals surface area contributed by atoms with Crippen LogP contribution in [-0.2, 0) is 27.7 Å². The maximum atomic E-state index is 13.2. The maximum absolute atomic E-state index is 13.2. The van der Waals surface area contributed by atoms with E-state index >= 15 is 0 Å². The molecular weight excluding hydrogens is 420 g/mol. The highest BCUT2D eigenvalue weighted by Gasteiger charge is 2.28. The molecule has 1 N–H and O–H groups in total. The largest absolute Gasteiger partial charge is 0.326 e. The van der Waals surface area contributed by atoms with Crippen LogP contribution in [-0.4, -0.2) is 20.9 Å². The topological polar surface area (TPSA) is 66.5 Å². The summed E-state index contributed by atoms with van der Waals surface area (Å²) in [4.78, 5) is 12.6. The highest BCUT2D eigenvalue weighted by Crippen LogP contribution is 2.31. The molecule has 32 heavy (non-hydrogen) atoms. The van der Waals surface area contributed by atoms with E-state index in [9.17, 15) is 13.2 Å². The summed E-state index contributed by atoms with van der Waals surface area (Å²) in [5, 5.41) is 2.95. The summed E-state index contributed by atoms with van der Waals surface area (Å²) in [6.07, 6.45) is 2.58. The molecule has 1 aliphatic heterocycles. The van der Waals surface area contributed by atoms with Gasteiger partial charge in [-0.2, -0.15) is 0 Å². The number of nitrogens with one attached hydrogen (secondary N) is 1. The molecule has 1 aliphatic rings. The number of amides is 1. The molecule has 0 bridgehead atoms. The summed E-state index contributed by atoms with van der Waals surface area (Å²) in [7, 11) is -3.62. The van der Waals surface area contributed by atoms with Gasteiger partial charge in [-0.25, -0.2) is 8.42 Å². The van der Waals surface area contributed by atoms with Gasteiger partial charge >= 0.3 is 0 Å². The van der Waals surface area contributed by atoms with Crippen LogP contribution >= 0.6 is 0 Å². The summed E-state index contributed by atoms with van der Waals surface area (Å²) in [5.74, 6) is -0.0569. The molecule has 0 aromatic heterocycles. The molecule has 6 heteroatoms. The molecule has 1 amide bonds. The Morgan fingerprint density at radius 3 is 2.50 bits per heavy atom. The molecule has 0 aliphatic carbocycles. The third kappa shape index (κ3) is 4.70. The van der Waals surface area contributed by atoms with Crippen molar-refractivity contribution >= 4 is 27.3 Å². The first kappa shape index (κ1) is 22.1. The van der Waals surface area contributed by atoms with Crippen molar-refractivity contribution in [1.82, 2.24) is 0 Å². The molecule has 166 valence electrons. The van der Waals surface area contributed by atoms with Crippen molar-refractivity contribution in [2.45, 2.75) is 44.4 Å². The van der Waals surface area contributed by atoms with Gasteiger partial charge in [-0.05, 0) is 74.1 Å². The van der Waals surface area contributed by atoms with E-state index in [4.69, 9.17) is 0 Å². The Kier molecular flexibility index (Phi) is 6.33. The highest BCUT2D eigenvalue weighted by molar-refractivity contribution is 7.92. The third-order valence-corrected chi connectivity index (χ3v) is 7.70. The first-order valence-corrected chi connectivity index (χ1v) is 12.4. The van der Waals surface area contributed by atoms with Crippen LogP contribution in [0.25, 0.3) is 0 Å². The molecule has 0 atom stereocenters. The predicted octanol–water partition coefficient (Wildman–Crippen LogP) is 5.02. The lowest BCUT2D eigenvalue weighted by molar-refractivity contribution is -0.116. The van der Waals surface area contributed by atoms with E-state index in [1.165, 1.54) is 4.31 Å². The lowest BCUT2D eigenvalue weighted by atomic mass is 10.0. The maximum Gasteiger partial charge on any atom is 0.264 e. The smallest absolute Gasteiger partial charge is 0.264 e. The molecular formula is C26H28N2O3S. The molecule has 0 unspecified atom stereocenters. The Balaban J connectivity index is 1.41. The molecule has 4 rings (SSSR count). The zero-order valence-electron chi connectivity index (χ0n) is 18.5. The number of hydrogen-bond acceptors (Lipinski definition) is 3.